The maximum absolute atomic E-state index is 14.3. The molecule has 2 aromatic carbocycles. The molecule has 2 amide bonds. The number of fused-ring (bicyclic) bond motifs is 1. The van der Waals surface area contributed by atoms with Gasteiger partial charge in [-0.1, -0.05) is 30.3 Å². The number of hydrogen-bond acceptors (Lipinski definition) is 6. The van der Waals surface area contributed by atoms with Gasteiger partial charge >= 0.3 is 12.3 Å². The summed E-state index contributed by atoms with van der Waals surface area (Å²) in [4.78, 5) is 34.5. The first kappa shape index (κ1) is 30.7. The molecular weight excluding hydrogens is 556 g/mol. The van der Waals surface area contributed by atoms with E-state index in [2.05, 4.69) is 15.3 Å². The highest BCUT2D eigenvalue weighted by atomic mass is 19.4. The van der Waals surface area contributed by atoms with Crippen LogP contribution >= 0.6 is 0 Å². The number of ether oxygens (including phenoxy) is 2. The molecule has 0 aliphatic carbocycles. The summed E-state index contributed by atoms with van der Waals surface area (Å²) in [6.45, 7) is 5.40. The van der Waals surface area contributed by atoms with Crippen LogP contribution in [0.3, 0.4) is 0 Å². The molecule has 1 aliphatic rings. The second-order valence-corrected chi connectivity index (χ2v) is 11.0. The minimum absolute atomic E-state index is 0.0255. The summed E-state index contributed by atoms with van der Waals surface area (Å²) in [5, 5.41) is 2.70. The van der Waals surface area contributed by atoms with Gasteiger partial charge in [0.25, 0.3) is 0 Å². The van der Waals surface area contributed by atoms with E-state index in [0.29, 0.717) is 16.9 Å². The fourth-order valence-electron chi connectivity index (χ4n) is 4.49. The quantitative estimate of drug-likeness (QED) is 0.343. The number of carbonyl (C=O) groups excluding carboxylic acids is 2. The Balaban J connectivity index is 1.52. The van der Waals surface area contributed by atoms with Gasteiger partial charge < -0.3 is 19.7 Å². The summed E-state index contributed by atoms with van der Waals surface area (Å²) in [5.41, 5.74) is 1.17. The topological polar surface area (TPSA) is 93.7 Å². The maximum atomic E-state index is 14.3. The highest BCUT2D eigenvalue weighted by Gasteiger charge is 2.36. The molecule has 1 atom stereocenters. The van der Waals surface area contributed by atoms with E-state index < -0.39 is 41.5 Å². The van der Waals surface area contributed by atoms with Gasteiger partial charge in [0.05, 0.1) is 12.2 Å². The average Bonchev–Trinajstić information content (AvgIpc) is 2.91. The number of aromatic nitrogens is 2. The van der Waals surface area contributed by atoms with Crippen LogP contribution in [-0.4, -0.2) is 45.1 Å². The zero-order valence-corrected chi connectivity index (χ0v) is 23.5. The highest BCUT2D eigenvalue weighted by Crippen LogP contribution is 2.28. The Morgan fingerprint density at radius 3 is 2.52 bits per heavy atom. The Bertz CT molecular complexity index is 1410. The molecule has 1 aromatic heterocycles. The number of carbonyl (C=O) groups is 2. The first-order chi connectivity index (χ1) is 19.8. The van der Waals surface area contributed by atoms with Gasteiger partial charge in [-0.3, -0.25) is 4.79 Å². The van der Waals surface area contributed by atoms with Gasteiger partial charge in [-0.15, -0.1) is 0 Å². The monoisotopic (exact) mass is 588 g/mol. The van der Waals surface area contributed by atoms with E-state index in [9.17, 15) is 27.2 Å². The van der Waals surface area contributed by atoms with Gasteiger partial charge in [0.15, 0.2) is 0 Å². The van der Waals surface area contributed by atoms with Gasteiger partial charge in [0, 0.05) is 25.2 Å². The smallest absolute Gasteiger partial charge is 0.451 e. The van der Waals surface area contributed by atoms with Crippen LogP contribution in [0.15, 0.2) is 54.7 Å². The molecule has 1 N–H and O–H groups in total. The van der Waals surface area contributed by atoms with Crippen molar-refractivity contribution in [1.29, 1.82) is 0 Å². The van der Waals surface area contributed by atoms with Crippen molar-refractivity contribution in [2.75, 3.05) is 6.54 Å². The summed E-state index contributed by atoms with van der Waals surface area (Å²) in [7, 11) is 0. The third kappa shape index (κ3) is 8.64. The first-order valence-corrected chi connectivity index (χ1v) is 13.4. The van der Waals surface area contributed by atoms with E-state index in [4.69, 9.17) is 9.47 Å². The number of halogens is 4. The zero-order chi connectivity index (χ0) is 30.5. The van der Waals surface area contributed by atoms with Gasteiger partial charge in [0.1, 0.15) is 23.8 Å². The molecule has 0 bridgehead atoms. The first-order valence-electron chi connectivity index (χ1n) is 13.4. The van der Waals surface area contributed by atoms with E-state index in [1.165, 1.54) is 23.1 Å². The largest absolute Gasteiger partial charge is 0.489 e. The highest BCUT2D eigenvalue weighted by molar-refractivity contribution is 5.78. The minimum Gasteiger partial charge on any atom is -0.489 e. The number of nitrogens with zero attached hydrogens (tertiary/aromatic N) is 3. The van der Waals surface area contributed by atoms with Gasteiger partial charge in [-0.05, 0) is 68.5 Å². The standard InChI is InChI=1S/C30H32F4N4O4/c1-29(2,3)42-28(40)36-23(14-21-13-22(31)9-10-25(21)41-18-19-7-5-4-6-8-19)15-26(39)38-12-11-20-16-35-27(30(32,33)34)37-24(20)17-38/h4-10,13,16,23H,11-12,14-15,17-18H2,1-3H3,(H,36,40). The zero-order valence-electron chi connectivity index (χ0n) is 23.5. The van der Waals surface area contributed by atoms with E-state index >= 15 is 0 Å². The lowest BCUT2D eigenvalue weighted by Crippen LogP contribution is -2.45. The van der Waals surface area contributed by atoms with Crippen LogP contribution in [0.1, 0.15) is 55.4 Å². The molecule has 0 saturated carbocycles. The van der Waals surface area contributed by atoms with Crippen molar-refractivity contribution in [2.45, 2.75) is 71.0 Å². The number of nitrogens with one attached hydrogen (secondary N) is 1. The van der Waals surface area contributed by atoms with Crippen molar-refractivity contribution in [3.63, 3.8) is 0 Å². The normalized spacial score (nSPS) is 14.1. The summed E-state index contributed by atoms with van der Waals surface area (Å²) in [5.74, 6) is -1.83. The summed E-state index contributed by atoms with van der Waals surface area (Å²) >= 11 is 0. The van der Waals surface area contributed by atoms with Crippen LogP contribution in [0.4, 0.5) is 22.4 Å². The number of rotatable bonds is 8. The van der Waals surface area contributed by atoms with Crippen molar-refractivity contribution in [3.05, 3.63) is 88.8 Å². The van der Waals surface area contributed by atoms with E-state index in [1.807, 2.05) is 30.3 Å². The summed E-state index contributed by atoms with van der Waals surface area (Å²) in [6, 6.07) is 12.6. The molecule has 8 nitrogen and oxygen atoms in total. The Labute approximate surface area is 241 Å². The van der Waals surface area contributed by atoms with Gasteiger partial charge in [0.2, 0.25) is 11.7 Å². The van der Waals surface area contributed by atoms with Crippen LogP contribution in [0, 0.1) is 5.82 Å². The van der Waals surface area contributed by atoms with Crippen LogP contribution in [0.25, 0.3) is 0 Å². The fourth-order valence-corrected chi connectivity index (χ4v) is 4.49. The number of benzene rings is 2. The van der Waals surface area contributed by atoms with Crippen molar-refractivity contribution < 1.29 is 36.6 Å². The van der Waals surface area contributed by atoms with Gasteiger partial charge in [-0.25, -0.2) is 19.2 Å². The molecule has 1 aliphatic heterocycles. The van der Waals surface area contributed by atoms with E-state index in [1.54, 1.807) is 20.8 Å². The molecule has 2 heterocycles. The molecule has 0 saturated heterocycles. The minimum atomic E-state index is -4.71. The molecule has 0 fully saturated rings. The maximum Gasteiger partial charge on any atom is 0.451 e. The molecule has 224 valence electrons. The number of alkyl carbamates (subject to hydrolysis) is 1. The lowest BCUT2D eigenvalue weighted by atomic mass is 10.0. The van der Waals surface area contributed by atoms with Crippen molar-refractivity contribution in [3.8, 4) is 5.75 Å². The second kappa shape index (κ2) is 12.7. The molecule has 42 heavy (non-hydrogen) atoms. The van der Waals surface area contributed by atoms with Crippen molar-refractivity contribution in [2.24, 2.45) is 0 Å². The number of hydrogen-bond donors (Lipinski definition) is 1. The fraction of sp³-hybridized carbons (Fsp3) is 0.400. The van der Waals surface area contributed by atoms with Gasteiger partial charge in [-0.2, -0.15) is 13.2 Å². The predicted molar refractivity (Wildman–Crippen MR) is 145 cm³/mol. The molecule has 3 aromatic rings. The second-order valence-electron chi connectivity index (χ2n) is 11.0. The third-order valence-corrected chi connectivity index (χ3v) is 6.42. The van der Waals surface area contributed by atoms with E-state index in [0.717, 1.165) is 11.8 Å². The Morgan fingerprint density at radius 2 is 1.83 bits per heavy atom. The average molecular weight is 589 g/mol. The van der Waals surface area contributed by atoms with Crippen LogP contribution in [-0.2, 0) is 41.7 Å². The molecule has 1 unspecified atom stereocenters. The number of alkyl halides is 3. The Morgan fingerprint density at radius 1 is 1.10 bits per heavy atom. The molecule has 0 radical (unpaired) electrons. The van der Waals surface area contributed by atoms with Crippen LogP contribution < -0.4 is 10.1 Å². The molecule has 12 heteroatoms. The van der Waals surface area contributed by atoms with Crippen LogP contribution in [0.5, 0.6) is 5.75 Å². The number of amides is 2. The molecule has 0 spiro atoms. The summed E-state index contributed by atoms with van der Waals surface area (Å²) in [6.07, 6.45) is -4.26. The Hall–Kier alpha value is -4.22. The van der Waals surface area contributed by atoms with E-state index in [-0.39, 0.29) is 44.7 Å². The lowest BCUT2D eigenvalue weighted by molar-refractivity contribution is -0.145. The third-order valence-electron chi connectivity index (χ3n) is 6.42. The predicted octanol–water partition coefficient (Wildman–Crippen LogP) is 5.62. The summed E-state index contributed by atoms with van der Waals surface area (Å²) < 4.78 is 65.1. The van der Waals surface area contributed by atoms with Crippen molar-refractivity contribution in [1.82, 2.24) is 20.2 Å². The molecule has 4 rings (SSSR count). The van der Waals surface area contributed by atoms with Crippen molar-refractivity contribution >= 4 is 12.0 Å². The molecular formula is C30H32F4N4O4. The Kier molecular flexibility index (Phi) is 9.33. The SMILES string of the molecule is CC(C)(C)OC(=O)NC(CC(=O)N1CCc2cnc(C(F)(F)F)nc2C1)Cc1cc(F)ccc1OCc1ccccc1. The lowest BCUT2D eigenvalue weighted by Gasteiger charge is -2.30. The van der Waals surface area contributed by atoms with Crippen LogP contribution in [0.2, 0.25) is 0 Å².